The first-order chi connectivity index (χ1) is 24.7. The zero-order chi connectivity index (χ0) is 38.0. The van der Waals surface area contributed by atoms with Crippen LogP contribution in [-0.4, -0.2) is 75.8 Å². The fourth-order valence-corrected chi connectivity index (χ4v) is 6.26. The van der Waals surface area contributed by atoms with Crippen molar-refractivity contribution >= 4 is 11.9 Å². The Morgan fingerprint density at radius 1 is 0.588 bits per heavy atom. The average molecular weight is 727 g/mol. The molecule has 0 fully saturated rings. The number of allylic oxidation sites excluding steroid dienone is 2. The fourth-order valence-electron chi connectivity index (χ4n) is 6.26. The van der Waals surface area contributed by atoms with Crippen LogP contribution in [0.3, 0.4) is 0 Å². The van der Waals surface area contributed by atoms with Crippen molar-refractivity contribution in [2.24, 2.45) is 11.3 Å². The monoisotopic (exact) mass is 727 g/mol. The molecule has 0 aromatic carbocycles. The second-order valence-electron chi connectivity index (χ2n) is 14.4. The minimum atomic E-state index is -1.70. The molecule has 0 spiro atoms. The van der Waals surface area contributed by atoms with E-state index in [1.54, 1.807) is 6.92 Å². The number of aliphatic hydroxyl groups excluding tert-OH is 5. The highest BCUT2D eigenvalue weighted by Crippen LogP contribution is 2.34. The molecule has 0 radical (unpaired) electrons. The van der Waals surface area contributed by atoms with Crippen LogP contribution in [0.15, 0.2) is 24.3 Å². The Morgan fingerprint density at radius 3 is 1.55 bits per heavy atom. The van der Waals surface area contributed by atoms with Gasteiger partial charge >= 0.3 is 11.9 Å². The van der Waals surface area contributed by atoms with Crippen molar-refractivity contribution in [3.63, 3.8) is 0 Å². The minimum Gasteiger partial charge on any atom is -0.425 e. The largest absolute Gasteiger partial charge is 0.425 e. The molecule has 0 amide bonds. The molecular formula is C42H78O9. The van der Waals surface area contributed by atoms with Crippen molar-refractivity contribution in [2.75, 3.05) is 19.8 Å². The summed E-state index contributed by atoms with van der Waals surface area (Å²) in [6, 6.07) is 0. The van der Waals surface area contributed by atoms with E-state index in [9.17, 15) is 35.1 Å². The molecule has 0 aliphatic rings. The molecule has 0 heterocycles. The summed E-state index contributed by atoms with van der Waals surface area (Å²) in [5.41, 5.74) is -1.70. The highest BCUT2D eigenvalue weighted by Gasteiger charge is 2.47. The smallest absolute Gasteiger partial charge is 0.320 e. The van der Waals surface area contributed by atoms with E-state index in [0.717, 1.165) is 89.9 Å². The quantitative estimate of drug-likeness (QED) is 0.0185. The van der Waals surface area contributed by atoms with E-state index in [-0.39, 0.29) is 25.0 Å². The van der Waals surface area contributed by atoms with E-state index < -0.39 is 49.4 Å². The van der Waals surface area contributed by atoms with Gasteiger partial charge in [0.15, 0.2) is 0 Å². The number of aliphatic hydroxyl groups is 5. The summed E-state index contributed by atoms with van der Waals surface area (Å²) < 4.78 is 10.9. The Morgan fingerprint density at radius 2 is 1.06 bits per heavy atom. The molecule has 300 valence electrons. The van der Waals surface area contributed by atoms with E-state index in [2.05, 4.69) is 32.1 Å². The lowest BCUT2D eigenvalue weighted by Crippen LogP contribution is -2.49. The predicted molar refractivity (Wildman–Crippen MR) is 206 cm³/mol. The highest BCUT2D eigenvalue weighted by molar-refractivity contribution is 5.78. The van der Waals surface area contributed by atoms with Crippen LogP contribution in [0.4, 0.5) is 0 Å². The van der Waals surface area contributed by atoms with Gasteiger partial charge in [0, 0.05) is 25.4 Å². The number of carbonyl (C=O) groups is 2. The Kier molecular flexibility index (Phi) is 32.8. The van der Waals surface area contributed by atoms with Gasteiger partial charge < -0.3 is 35.0 Å². The lowest BCUT2D eigenvalue weighted by molar-refractivity contribution is -0.204. The van der Waals surface area contributed by atoms with Crippen molar-refractivity contribution in [2.45, 2.75) is 200 Å². The number of esters is 2. The third-order valence-electron chi connectivity index (χ3n) is 9.91. The molecule has 0 bridgehead atoms. The molecule has 51 heavy (non-hydrogen) atoms. The molecule has 0 aliphatic heterocycles. The van der Waals surface area contributed by atoms with Gasteiger partial charge in [-0.15, -0.1) is 0 Å². The summed E-state index contributed by atoms with van der Waals surface area (Å²) in [4.78, 5) is 25.8. The van der Waals surface area contributed by atoms with Crippen molar-refractivity contribution in [1.29, 1.82) is 0 Å². The van der Waals surface area contributed by atoms with Crippen molar-refractivity contribution < 1.29 is 44.6 Å². The lowest BCUT2D eigenvalue weighted by atomic mass is 9.74. The third-order valence-corrected chi connectivity index (χ3v) is 9.91. The van der Waals surface area contributed by atoms with Crippen LogP contribution in [-0.2, 0) is 19.1 Å². The first-order valence-corrected chi connectivity index (χ1v) is 20.6. The zero-order valence-electron chi connectivity index (χ0n) is 32.8. The molecule has 0 aromatic rings. The van der Waals surface area contributed by atoms with Gasteiger partial charge in [0.1, 0.15) is 5.41 Å². The van der Waals surface area contributed by atoms with E-state index >= 15 is 0 Å². The summed E-state index contributed by atoms with van der Waals surface area (Å²) in [5.74, 6) is -2.05. The molecular weight excluding hydrogens is 648 g/mol. The van der Waals surface area contributed by atoms with Crippen molar-refractivity contribution in [3.8, 4) is 0 Å². The maximum absolute atomic E-state index is 13.3. The van der Waals surface area contributed by atoms with E-state index in [1.807, 2.05) is 6.08 Å². The fraction of sp³-hybridized carbons (Fsp3) is 0.857. The van der Waals surface area contributed by atoms with Crippen LogP contribution in [0.1, 0.15) is 181 Å². The summed E-state index contributed by atoms with van der Waals surface area (Å²) in [7, 11) is 0. The Bertz CT molecular complexity index is 870. The van der Waals surface area contributed by atoms with Gasteiger partial charge in [-0.25, -0.2) is 0 Å². The normalized spacial score (nSPS) is 14.6. The Labute approximate surface area is 311 Å². The number of carbonyl (C=O) groups excluding carboxylic acids is 2. The van der Waals surface area contributed by atoms with Crippen LogP contribution in [0, 0.1) is 11.3 Å². The zero-order valence-corrected chi connectivity index (χ0v) is 32.8. The number of rotatable bonds is 36. The van der Waals surface area contributed by atoms with Crippen LogP contribution in [0.5, 0.6) is 0 Å². The molecule has 9 nitrogen and oxygen atoms in total. The topological polar surface area (TPSA) is 154 Å². The van der Waals surface area contributed by atoms with Crippen LogP contribution in [0.25, 0.3) is 0 Å². The first-order valence-electron chi connectivity index (χ1n) is 20.6. The second-order valence-corrected chi connectivity index (χ2v) is 14.4. The molecule has 4 atom stereocenters. The standard InChI is InChI=1S/C42H78O9/c1-4-7-9-22-28-37(46)30-24-18-13-11-12-14-20-26-32-39(48)50-40(6-3)51-41(49)42(34-44,35-45)36(33-43)27-21-17-15-16-19-25-31-38(47)29-23-10-8-5-2/h18-19,24-25,36-38,40,43-47H,4-17,20-23,26-35H2,1-3H3/b24-18-,25-19-. The van der Waals surface area contributed by atoms with E-state index in [0.29, 0.717) is 25.7 Å². The predicted octanol–water partition coefficient (Wildman–Crippen LogP) is 8.62. The molecule has 5 N–H and O–H groups in total. The van der Waals surface area contributed by atoms with Crippen molar-refractivity contribution in [1.82, 2.24) is 0 Å². The second kappa shape index (κ2) is 34.0. The molecule has 0 rings (SSSR count). The number of ether oxygens (including phenoxy) is 2. The Hall–Kier alpha value is -1.78. The van der Waals surface area contributed by atoms with Crippen molar-refractivity contribution in [3.05, 3.63) is 24.3 Å². The van der Waals surface area contributed by atoms with E-state index in [1.165, 1.54) is 32.1 Å². The first kappa shape index (κ1) is 49.2. The van der Waals surface area contributed by atoms with Gasteiger partial charge in [0.05, 0.1) is 25.4 Å². The summed E-state index contributed by atoms with van der Waals surface area (Å²) in [6.07, 6.45) is 29.0. The van der Waals surface area contributed by atoms with E-state index in [4.69, 9.17) is 9.47 Å². The van der Waals surface area contributed by atoms with Gasteiger partial charge in [0.2, 0.25) is 6.29 Å². The molecule has 9 heteroatoms. The molecule has 0 saturated carbocycles. The summed E-state index contributed by atoms with van der Waals surface area (Å²) in [6.45, 7) is 4.29. The van der Waals surface area contributed by atoms with Gasteiger partial charge in [-0.2, -0.15) is 0 Å². The average Bonchev–Trinajstić information content (AvgIpc) is 3.13. The minimum absolute atomic E-state index is 0.212. The molecule has 0 aliphatic carbocycles. The molecule has 0 aromatic heterocycles. The van der Waals surface area contributed by atoms with Gasteiger partial charge in [0.25, 0.3) is 0 Å². The summed E-state index contributed by atoms with van der Waals surface area (Å²) in [5, 5.41) is 50.7. The molecule has 0 saturated heterocycles. The maximum atomic E-state index is 13.3. The Balaban J connectivity index is 4.42. The lowest BCUT2D eigenvalue weighted by Gasteiger charge is -2.35. The third kappa shape index (κ3) is 25.0. The van der Waals surface area contributed by atoms with Crippen LogP contribution < -0.4 is 0 Å². The summed E-state index contributed by atoms with van der Waals surface area (Å²) >= 11 is 0. The SMILES string of the molecule is CCCCCCC(O)C/C=C\CCCCCCCC(=O)OC(CC)OC(=O)C(CO)(CO)C(CO)CCCCC/C=C\CC(O)CCCCCC. The van der Waals surface area contributed by atoms with Gasteiger partial charge in [-0.1, -0.05) is 129 Å². The van der Waals surface area contributed by atoms with Crippen LogP contribution in [0.2, 0.25) is 0 Å². The number of hydrogen-bond acceptors (Lipinski definition) is 9. The van der Waals surface area contributed by atoms with Gasteiger partial charge in [-0.3, -0.25) is 9.59 Å². The maximum Gasteiger partial charge on any atom is 0.320 e. The number of hydrogen-bond donors (Lipinski definition) is 5. The van der Waals surface area contributed by atoms with Crippen LogP contribution >= 0.6 is 0 Å². The number of unbranched alkanes of at least 4 members (excludes halogenated alkanes) is 14. The highest BCUT2D eigenvalue weighted by atomic mass is 16.7. The molecule has 4 unspecified atom stereocenters. The van der Waals surface area contributed by atoms with Gasteiger partial charge in [-0.05, 0) is 64.2 Å².